The molecule has 2 aromatic carbocycles. The number of hydrogen-bond acceptors (Lipinski definition) is 5. The standard InChI is InChI=1S/C23H26N4O3S2/c1-17-6-4-8-19(14-17)26-13-11-24-23(26)31-16-22(28)27-12-5-7-18-15-20(9-10-21(18)27)32(29,30)25(2)3/h4,6,8-11,13-15H,5,7,12,16H2,1-3H3. The first-order chi connectivity index (χ1) is 15.3. The van der Waals surface area contributed by atoms with E-state index in [0.717, 1.165) is 40.5 Å². The van der Waals surface area contributed by atoms with Crippen molar-refractivity contribution in [3.05, 3.63) is 66.0 Å². The van der Waals surface area contributed by atoms with Gasteiger partial charge in [-0.3, -0.25) is 9.36 Å². The molecule has 9 heteroatoms. The number of aryl methyl sites for hydroxylation is 2. The summed E-state index contributed by atoms with van der Waals surface area (Å²) in [5.74, 6) is 0.234. The summed E-state index contributed by atoms with van der Waals surface area (Å²) in [6, 6.07) is 13.2. The smallest absolute Gasteiger partial charge is 0.242 e. The van der Waals surface area contributed by atoms with Gasteiger partial charge in [-0.05, 0) is 61.2 Å². The summed E-state index contributed by atoms with van der Waals surface area (Å²) in [5.41, 5.74) is 3.85. The highest BCUT2D eigenvalue weighted by molar-refractivity contribution is 7.99. The van der Waals surface area contributed by atoms with E-state index in [0.29, 0.717) is 6.54 Å². The van der Waals surface area contributed by atoms with Crippen molar-refractivity contribution < 1.29 is 13.2 Å². The Morgan fingerprint density at radius 2 is 2.00 bits per heavy atom. The highest BCUT2D eigenvalue weighted by Gasteiger charge is 2.26. The van der Waals surface area contributed by atoms with Crippen molar-refractivity contribution in [2.24, 2.45) is 0 Å². The van der Waals surface area contributed by atoms with Crippen LogP contribution in [0.4, 0.5) is 5.69 Å². The molecule has 0 bridgehead atoms. The van der Waals surface area contributed by atoms with Crippen molar-refractivity contribution >= 4 is 33.4 Å². The summed E-state index contributed by atoms with van der Waals surface area (Å²) < 4.78 is 28.1. The van der Waals surface area contributed by atoms with Crippen LogP contribution in [0.15, 0.2) is 64.9 Å². The first kappa shape index (κ1) is 22.6. The number of amides is 1. The first-order valence-corrected chi connectivity index (χ1v) is 12.8. The minimum atomic E-state index is -3.51. The molecular weight excluding hydrogens is 444 g/mol. The number of rotatable bonds is 6. The second-order valence-electron chi connectivity index (χ2n) is 7.93. The molecule has 0 radical (unpaired) electrons. The minimum absolute atomic E-state index is 0.0158. The lowest BCUT2D eigenvalue weighted by molar-refractivity contribution is -0.116. The summed E-state index contributed by atoms with van der Waals surface area (Å²) in [5, 5.41) is 0.758. The van der Waals surface area contributed by atoms with Crippen LogP contribution in [0.1, 0.15) is 17.5 Å². The number of sulfonamides is 1. The molecule has 0 unspecified atom stereocenters. The van der Waals surface area contributed by atoms with Crippen LogP contribution < -0.4 is 4.90 Å². The van der Waals surface area contributed by atoms with E-state index in [1.54, 1.807) is 29.3 Å². The van der Waals surface area contributed by atoms with E-state index in [9.17, 15) is 13.2 Å². The van der Waals surface area contributed by atoms with Crippen LogP contribution in [-0.4, -0.2) is 54.6 Å². The molecule has 2 heterocycles. The molecule has 0 saturated carbocycles. The predicted octanol–water partition coefficient (Wildman–Crippen LogP) is 3.50. The van der Waals surface area contributed by atoms with Crippen LogP contribution in [0.3, 0.4) is 0 Å². The Kier molecular flexibility index (Phi) is 6.41. The first-order valence-electron chi connectivity index (χ1n) is 10.4. The second kappa shape index (κ2) is 9.09. The maximum absolute atomic E-state index is 13.1. The zero-order valence-electron chi connectivity index (χ0n) is 18.4. The number of hydrogen-bond donors (Lipinski definition) is 0. The summed E-state index contributed by atoms with van der Waals surface area (Å²) in [7, 11) is -0.475. The largest absolute Gasteiger partial charge is 0.311 e. The van der Waals surface area contributed by atoms with Gasteiger partial charge in [0.25, 0.3) is 0 Å². The topological polar surface area (TPSA) is 75.5 Å². The fourth-order valence-electron chi connectivity index (χ4n) is 3.78. The van der Waals surface area contributed by atoms with Crippen molar-refractivity contribution in [3.8, 4) is 5.69 Å². The van der Waals surface area contributed by atoms with Crippen molar-refractivity contribution in [2.45, 2.75) is 29.8 Å². The molecule has 1 aromatic heterocycles. The van der Waals surface area contributed by atoms with Crippen LogP contribution in [-0.2, 0) is 21.2 Å². The van der Waals surface area contributed by atoms with Crippen molar-refractivity contribution in [1.29, 1.82) is 0 Å². The molecule has 7 nitrogen and oxygen atoms in total. The lowest BCUT2D eigenvalue weighted by Gasteiger charge is -2.30. The van der Waals surface area contributed by atoms with E-state index in [2.05, 4.69) is 11.1 Å². The fourth-order valence-corrected chi connectivity index (χ4v) is 5.58. The van der Waals surface area contributed by atoms with E-state index in [4.69, 9.17) is 0 Å². The second-order valence-corrected chi connectivity index (χ2v) is 11.0. The third-order valence-corrected chi connectivity index (χ3v) is 8.22. The van der Waals surface area contributed by atoms with E-state index in [1.165, 1.54) is 30.2 Å². The van der Waals surface area contributed by atoms with Gasteiger partial charge >= 0.3 is 0 Å². The molecule has 1 amide bonds. The molecule has 4 rings (SSSR count). The Balaban J connectivity index is 1.51. The van der Waals surface area contributed by atoms with Gasteiger partial charge in [0.1, 0.15) is 0 Å². The zero-order valence-corrected chi connectivity index (χ0v) is 20.0. The summed E-state index contributed by atoms with van der Waals surface area (Å²) in [6.07, 6.45) is 5.18. The van der Waals surface area contributed by atoms with E-state index < -0.39 is 10.0 Å². The van der Waals surface area contributed by atoms with Crippen LogP contribution in [0, 0.1) is 6.92 Å². The van der Waals surface area contributed by atoms with Gasteiger partial charge in [0, 0.05) is 44.4 Å². The number of nitrogens with zero attached hydrogens (tertiary/aromatic N) is 4. The van der Waals surface area contributed by atoms with Gasteiger partial charge in [0.2, 0.25) is 15.9 Å². The van der Waals surface area contributed by atoms with Gasteiger partial charge in [-0.2, -0.15) is 0 Å². The number of imidazole rings is 1. The molecule has 0 fully saturated rings. The molecular formula is C23H26N4O3S2. The molecule has 3 aromatic rings. The molecule has 0 saturated heterocycles. The number of aromatic nitrogens is 2. The summed E-state index contributed by atoms with van der Waals surface area (Å²) in [6.45, 7) is 2.66. The number of fused-ring (bicyclic) bond motifs is 1. The molecule has 0 N–H and O–H groups in total. The minimum Gasteiger partial charge on any atom is -0.311 e. The molecule has 0 atom stereocenters. The van der Waals surface area contributed by atoms with Gasteiger partial charge in [0.15, 0.2) is 5.16 Å². The normalized spacial score (nSPS) is 13.9. The molecule has 1 aliphatic heterocycles. The van der Waals surface area contributed by atoms with Crippen molar-refractivity contribution in [1.82, 2.24) is 13.9 Å². The molecule has 168 valence electrons. The van der Waals surface area contributed by atoms with Crippen LogP contribution in [0.2, 0.25) is 0 Å². The Labute approximate surface area is 193 Å². The average Bonchev–Trinajstić information content (AvgIpc) is 3.25. The van der Waals surface area contributed by atoms with Gasteiger partial charge < -0.3 is 4.90 Å². The Morgan fingerprint density at radius 3 is 2.75 bits per heavy atom. The highest BCUT2D eigenvalue weighted by atomic mass is 32.2. The monoisotopic (exact) mass is 470 g/mol. The van der Waals surface area contributed by atoms with E-state index >= 15 is 0 Å². The SMILES string of the molecule is Cc1cccc(-n2ccnc2SCC(=O)N2CCCc3cc(S(=O)(=O)N(C)C)ccc32)c1. The predicted molar refractivity (Wildman–Crippen MR) is 127 cm³/mol. The van der Waals surface area contributed by atoms with Gasteiger partial charge in [-0.25, -0.2) is 17.7 Å². The molecule has 32 heavy (non-hydrogen) atoms. The van der Waals surface area contributed by atoms with Crippen LogP contribution >= 0.6 is 11.8 Å². The molecule has 0 aliphatic carbocycles. The molecule has 1 aliphatic rings. The summed E-state index contributed by atoms with van der Waals surface area (Å²) in [4.78, 5) is 19.5. The number of carbonyl (C=O) groups excluding carboxylic acids is 1. The lowest BCUT2D eigenvalue weighted by atomic mass is 10.0. The quantitative estimate of drug-likeness (QED) is 0.516. The van der Waals surface area contributed by atoms with Crippen molar-refractivity contribution in [2.75, 3.05) is 31.3 Å². The Hall–Kier alpha value is -2.62. The highest BCUT2D eigenvalue weighted by Crippen LogP contribution is 2.31. The van der Waals surface area contributed by atoms with Crippen molar-refractivity contribution in [3.63, 3.8) is 0 Å². The number of thioether (sulfide) groups is 1. The number of anilines is 1. The Bertz CT molecular complexity index is 1250. The number of carbonyl (C=O) groups is 1. The van der Waals surface area contributed by atoms with Gasteiger partial charge in [0.05, 0.1) is 10.6 Å². The van der Waals surface area contributed by atoms with Gasteiger partial charge in [-0.1, -0.05) is 23.9 Å². The maximum atomic E-state index is 13.1. The van der Waals surface area contributed by atoms with E-state index in [-0.39, 0.29) is 16.6 Å². The Morgan fingerprint density at radius 1 is 1.19 bits per heavy atom. The van der Waals surface area contributed by atoms with Crippen LogP contribution in [0.5, 0.6) is 0 Å². The average molecular weight is 471 g/mol. The fraction of sp³-hybridized carbons (Fsp3) is 0.304. The molecule has 0 spiro atoms. The number of benzene rings is 2. The summed E-state index contributed by atoms with van der Waals surface area (Å²) >= 11 is 1.40. The maximum Gasteiger partial charge on any atom is 0.242 e. The third kappa shape index (κ3) is 4.46. The lowest BCUT2D eigenvalue weighted by Crippen LogP contribution is -2.37. The van der Waals surface area contributed by atoms with Crippen LogP contribution in [0.25, 0.3) is 5.69 Å². The van der Waals surface area contributed by atoms with E-state index in [1.807, 2.05) is 35.9 Å². The zero-order chi connectivity index (χ0) is 22.9. The van der Waals surface area contributed by atoms with Gasteiger partial charge in [-0.15, -0.1) is 0 Å². The third-order valence-electron chi connectivity index (χ3n) is 5.46.